The summed E-state index contributed by atoms with van der Waals surface area (Å²) in [5, 5.41) is 30.9. The van der Waals surface area contributed by atoms with Crippen molar-refractivity contribution in [3.8, 4) is 0 Å². The highest BCUT2D eigenvalue weighted by molar-refractivity contribution is 5.52. The molecular formula is C15H30N6O6. The van der Waals surface area contributed by atoms with Gasteiger partial charge < -0.3 is 17.2 Å². The maximum Gasteiger partial charge on any atom is 0.283 e. The third kappa shape index (κ3) is 17.9. The largest absolute Gasteiger partial charge is 0.330 e. The Labute approximate surface area is 158 Å². The maximum atomic E-state index is 10.3. The minimum absolute atomic E-state index is 0.660. The summed E-state index contributed by atoms with van der Waals surface area (Å²) < 4.78 is 0. The Morgan fingerprint density at radius 3 is 0.852 bits per heavy atom. The van der Waals surface area contributed by atoms with Crippen molar-refractivity contribution in [2.24, 2.45) is 17.2 Å². The molecular weight excluding hydrogens is 360 g/mol. The van der Waals surface area contributed by atoms with E-state index in [9.17, 15) is 30.3 Å². The first-order valence-corrected chi connectivity index (χ1v) is 8.34. The molecule has 1 rings (SSSR count). The fourth-order valence-electron chi connectivity index (χ4n) is 0.896. The summed E-state index contributed by atoms with van der Waals surface area (Å²) in [6.07, 6.45) is 3.29. The van der Waals surface area contributed by atoms with Crippen molar-refractivity contribution in [2.75, 3.05) is 19.6 Å². The van der Waals surface area contributed by atoms with Crippen LogP contribution in [-0.2, 0) is 0 Å². The Bertz CT molecular complexity index is 461. The van der Waals surface area contributed by atoms with Gasteiger partial charge in [0.1, 0.15) is 0 Å². The number of nitrogens with two attached hydrogens (primary N) is 3. The van der Waals surface area contributed by atoms with Crippen LogP contribution in [0.4, 0.5) is 17.1 Å². The van der Waals surface area contributed by atoms with Crippen molar-refractivity contribution in [3.05, 3.63) is 48.5 Å². The molecule has 27 heavy (non-hydrogen) atoms. The van der Waals surface area contributed by atoms with Gasteiger partial charge in [-0.1, -0.05) is 20.8 Å². The maximum absolute atomic E-state index is 10.3. The lowest BCUT2D eigenvalue weighted by atomic mass is 10.2. The normalized spacial score (nSPS) is 8.67. The molecule has 0 saturated carbocycles. The first-order chi connectivity index (χ1) is 12.7. The molecule has 6 N–H and O–H groups in total. The summed E-state index contributed by atoms with van der Waals surface area (Å²) >= 11 is 0. The quantitative estimate of drug-likeness (QED) is 0.480. The second-order valence-electron chi connectivity index (χ2n) is 4.84. The van der Waals surface area contributed by atoms with E-state index in [0.29, 0.717) is 18.2 Å². The predicted molar refractivity (Wildman–Crippen MR) is 104 cm³/mol. The molecule has 12 heteroatoms. The highest BCUT2D eigenvalue weighted by atomic mass is 16.6. The Morgan fingerprint density at radius 2 is 0.778 bits per heavy atom. The molecule has 0 radical (unpaired) electrons. The Morgan fingerprint density at radius 1 is 0.630 bits per heavy atom. The minimum atomic E-state index is -0.931. The number of hydrogen-bond acceptors (Lipinski definition) is 9. The number of nitrogens with zero attached hydrogens (tertiary/aromatic N) is 3. The summed E-state index contributed by atoms with van der Waals surface area (Å²) in [7, 11) is 0. The summed E-state index contributed by atoms with van der Waals surface area (Å²) in [4.78, 5) is 28.1. The van der Waals surface area contributed by atoms with Crippen molar-refractivity contribution >= 4 is 17.1 Å². The zero-order valence-electron chi connectivity index (χ0n) is 16.0. The highest BCUT2D eigenvalue weighted by Crippen LogP contribution is 2.26. The van der Waals surface area contributed by atoms with Crippen molar-refractivity contribution < 1.29 is 14.8 Å². The Hall–Kier alpha value is -2.70. The Kier molecular flexibility index (Phi) is 21.1. The van der Waals surface area contributed by atoms with Crippen LogP contribution in [0.15, 0.2) is 18.2 Å². The van der Waals surface area contributed by atoms with Crippen LogP contribution >= 0.6 is 0 Å². The van der Waals surface area contributed by atoms with E-state index in [2.05, 4.69) is 20.8 Å². The van der Waals surface area contributed by atoms with Crippen LogP contribution in [0.2, 0.25) is 0 Å². The molecule has 0 fully saturated rings. The number of nitro groups is 3. The second-order valence-corrected chi connectivity index (χ2v) is 4.84. The highest BCUT2D eigenvalue weighted by Gasteiger charge is 2.21. The number of benzene rings is 1. The number of hydrogen-bond donors (Lipinski definition) is 3. The van der Waals surface area contributed by atoms with Crippen LogP contribution < -0.4 is 17.2 Å². The molecule has 0 saturated heterocycles. The molecule has 0 spiro atoms. The Balaban J connectivity index is -0.000000394. The zero-order chi connectivity index (χ0) is 21.8. The number of nitro benzene ring substituents is 3. The lowest BCUT2D eigenvalue weighted by molar-refractivity contribution is -0.403. The van der Waals surface area contributed by atoms with Crippen LogP contribution in [0.25, 0.3) is 0 Å². The van der Waals surface area contributed by atoms with Gasteiger partial charge in [-0.05, 0) is 38.9 Å². The van der Waals surface area contributed by atoms with Gasteiger partial charge in [-0.25, -0.2) is 0 Å². The van der Waals surface area contributed by atoms with Crippen LogP contribution in [0, 0.1) is 30.3 Å². The van der Waals surface area contributed by atoms with Gasteiger partial charge in [0.2, 0.25) is 0 Å². The lowest BCUT2D eigenvalue weighted by Gasteiger charge is -1.93. The summed E-state index contributed by atoms with van der Waals surface area (Å²) in [6, 6.07) is 1.98. The number of non-ortho nitro benzene ring substituents is 3. The van der Waals surface area contributed by atoms with Crippen LogP contribution in [0.5, 0.6) is 0 Å². The van der Waals surface area contributed by atoms with E-state index < -0.39 is 31.8 Å². The molecule has 1 aromatic rings. The van der Waals surface area contributed by atoms with Gasteiger partial charge in [0, 0.05) is 0 Å². The van der Waals surface area contributed by atoms with Gasteiger partial charge in [0.25, 0.3) is 17.1 Å². The fourth-order valence-corrected chi connectivity index (χ4v) is 0.896. The summed E-state index contributed by atoms with van der Waals surface area (Å²) in [5.74, 6) is 0. The van der Waals surface area contributed by atoms with Gasteiger partial charge in [-0.15, -0.1) is 0 Å². The topological polar surface area (TPSA) is 207 Å². The van der Waals surface area contributed by atoms with Crippen molar-refractivity contribution in [3.63, 3.8) is 0 Å². The monoisotopic (exact) mass is 390 g/mol. The SMILES string of the molecule is CCCN.CCCN.CCCN.O=[N+]([O-])c1cc([N+](=O)[O-])cc([N+](=O)[O-])c1. The van der Waals surface area contributed by atoms with Gasteiger partial charge in [-0.3, -0.25) is 30.3 Å². The summed E-state index contributed by atoms with van der Waals surface area (Å²) in [6.45, 7) is 8.62. The van der Waals surface area contributed by atoms with E-state index in [-0.39, 0.29) is 0 Å². The van der Waals surface area contributed by atoms with Gasteiger partial charge in [-0.2, -0.15) is 0 Å². The second kappa shape index (κ2) is 19.6. The average Bonchev–Trinajstić information content (AvgIpc) is 2.67. The van der Waals surface area contributed by atoms with Gasteiger partial charge in [0.15, 0.2) is 0 Å². The van der Waals surface area contributed by atoms with E-state index in [1.165, 1.54) is 0 Å². The molecule has 0 bridgehead atoms. The van der Waals surface area contributed by atoms with Crippen molar-refractivity contribution in [2.45, 2.75) is 40.0 Å². The van der Waals surface area contributed by atoms with E-state index in [1.807, 2.05) is 0 Å². The first kappa shape index (κ1) is 29.1. The van der Waals surface area contributed by atoms with Crippen LogP contribution in [-0.4, -0.2) is 34.4 Å². The summed E-state index contributed by atoms with van der Waals surface area (Å²) in [5.41, 5.74) is 13.0. The molecule has 0 aliphatic rings. The molecule has 12 nitrogen and oxygen atoms in total. The molecule has 0 atom stereocenters. The number of rotatable bonds is 6. The smallest absolute Gasteiger partial charge is 0.283 e. The molecule has 0 aliphatic heterocycles. The minimum Gasteiger partial charge on any atom is -0.330 e. The molecule has 156 valence electrons. The average molecular weight is 390 g/mol. The van der Waals surface area contributed by atoms with Crippen molar-refractivity contribution in [1.29, 1.82) is 0 Å². The molecule has 1 aromatic carbocycles. The van der Waals surface area contributed by atoms with E-state index in [0.717, 1.165) is 38.9 Å². The molecule has 0 aromatic heterocycles. The fraction of sp³-hybridized carbons (Fsp3) is 0.600. The lowest BCUT2D eigenvalue weighted by Crippen LogP contribution is -1.96. The van der Waals surface area contributed by atoms with Crippen molar-refractivity contribution in [1.82, 2.24) is 0 Å². The van der Waals surface area contributed by atoms with Crippen LogP contribution in [0.3, 0.4) is 0 Å². The van der Waals surface area contributed by atoms with Gasteiger partial charge >= 0.3 is 0 Å². The first-order valence-electron chi connectivity index (χ1n) is 8.34. The standard InChI is InChI=1S/C6H3N3O6.3C3H9N/c10-7(11)4-1-5(8(12)13)3-6(2-4)9(14)15;3*1-2-3-4/h1-3H;3*2-4H2,1H3. The third-order valence-corrected chi connectivity index (χ3v) is 2.39. The van der Waals surface area contributed by atoms with E-state index in [1.54, 1.807) is 0 Å². The van der Waals surface area contributed by atoms with E-state index >= 15 is 0 Å². The van der Waals surface area contributed by atoms with E-state index in [4.69, 9.17) is 17.2 Å². The molecule has 0 heterocycles. The zero-order valence-corrected chi connectivity index (χ0v) is 16.0. The van der Waals surface area contributed by atoms with Crippen LogP contribution in [0.1, 0.15) is 40.0 Å². The van der Waals surface area contributed by atoms with Gasteiger partial charge in [0.05, 0.1) is 33.0 Å². The third-order valence-electron chi connectivity index (χ3n) is 2.39. The molecule has 0 amide bonds. The molecule has 0 unspecified atom stereocenters. The molecule has 0 aliphatic carbocycles. The predicted octanol–water partition coefficient (Wildman–Crippen LogP) is 2.48.